The van der Waals surface area contributed by atoms with Gasteiger partial charge in [0.15, 0.2) is 0 Å². The molecule has 0 unspecified atom stereocenters. The van der Waals surface area contributed by atoms with E-state index < -0.39 is 0 Å². The van der Waals surface area contributed by atoms with Gasteiger partial charge in [0.1, 0.15) is 6.29 Å². The number of rotatable bonds is 4. The van der Waals surface area contributed by atoms with Crippen molar-refractivity contribution in [3.63, 3.8) is 0 Å². The summed E-state index contributed by atoms with van der Waals surface area (Å²) in [6.45, 7) is 6.38. The minimum absolute atomic E-state index is 0.115. The molecule has 0 spiro atoms. The van der Waals surface area contributed by atoms with E-state index in [0.29, 0.717) is 30.6 Å². The summed E-state index contributed by atoms with van der Waals surface area (Å²) in [5, 5.41) is 1.22. The molecule has 27 heavy (non-hydrogen) atoms. The minimum atomic E-state index is -0.115. The number of amides is 2. The second-order valence-electron chi connectivity index (χ2n) is 7.74. The first-order chi connectivity index (χ1) is 13.1. The lowest BCUT2D eigenvalue weighted by Crippen LogP contribution is -2.44. The van der Waals surface area contributed by atoms with Gasteiger partial charge in [-0.15, -0.1) is 0 Å². The van der Waals surface area contributed by atoms with Gasteiger partial charge in [-0.05, 0) is 70.0 Å². The molecule has 2 aromatic rings. The van der Waals surface area contributed by atoms with E-state index in [1.165, 1.54) is 22.9 Å². The second-order valence-corrected chi connectivity index (χ2v) is 7.74. The van der Waals surface area contributed by atoms with Crippen molar-refractivity contribution in [2.45, 2.75) is 45.1 Å². The maximum Gasteiger partial charge on any atom is 0.336 e. The maximum absolute atomic E-state index is 12.6. The lowest BCUT2D eigenvalue weighted by molar-refractivity contribution is 0.112. The minimum Gasteiger partial charge on any atom is -0.324 e. The Kier molecular flexibility index (Phi) is 4.68. The van der Waals surface area contributed by atoms with Crippen molar-refractivity contribution < 1.29 is 9.59 Å². The van der Waals surface area contributed by atoms with Gasteiger partial charge in [-0.2, -0.15) is 0 Å². The van der Waals surface area contributed by atoms with Gasteiger partial charge in [-0.1, -0.05) is 0 Å². The molecule has 1 N–H and O–H groups in total. The number of aromatic nitrogens is 1. The van der Waals surface area contributed by atoms with Crippen LogP contribution in [0.3, 0.4) is 0 Å². The van der Waals surface area contributed by atoms with Gasteiger partial charge in [0.2, 0.25) is 0 Å². The number of hydrogen-bond acceptors (Lipinski definition) is 3. The number of benzene rings is 1. The molecule has 2 aliphatic rings. The van der Waals surface area contributed by atoms with Gasteiger partial charge in [0.05, 0.1) is 5.52 Å². The molecule has 6 heteroatoms. The average Bonchev–Trinajstić information content (AvgIpc) is 3.01. The van der Waals surface area contributed by atoms with Crippen LogP contribution in [0.15, 0.2) is 18.3 Å². The molecule has 1 aromatic heterocycles. The van der Waals surface area contributed by atoms with Gasteiger partial charge in [0, 0.05) is 42.2 Å². The molecular formula is C21H28N4O2. The summed E-state index contributed by atoms with van der Waals surface area (Å²) in [6.07, 6.45) is 6.28. The number of likely N-dealkylation sites (N-methyl/N-ethyl adjacent to an activating group) is 1. The highest BCUT2D eigenvalue weighted by Crippen LogP contribution is 2.43. The normalized spacial score (nSPS) is 21.7. The molecular weight excluding hydrogens is 340 g/mol. The van der Waals surface area contributed by atoms with E-state index >= 15 is 0 Å². The highest BCUT2D eigenvalue weighted by Gasteiger charge is 2.37. The highest BCUT2D eigenvalue weighted by molar-refractivity contribution is 5.95. The van der Waals surface area contributed by atoms with Gasteiger partial charge in [0.25, 0.3) is 0 Å². The summed E-state index contributed by atoms with van der Waals surface area (Å²) < 4.78 is 1.82. The van der Waals surface area contributed by atoms with E-state index in [-0.39, 0.29) is 6.03 Å². The first-order valence-corrected chi connectivity index (χ1v) is 9.96. The Morgan fingerprint density at radius 2 is 2.11 bits per heavy atom. The number of nitrogens with one attached hydrogen (secondary N) is 1. The zero-order valence-corrected chi connectivity index (χ0v) is 16.4. The van der Waals surface area contributed by atoms with Gasteiger partial charge in [-0.3, -0.25) is 9.47 Å². The summed E-state index contributed by atoms with van der Waals surface area (Å²) in [5.41, 5.74) is 7.14. The van der Waals surface area contributed by atoms with Crippen molar-refractivity contribution in [2.75, 3.05) is 32.1 Å². The van der Waals surface area contributed by atoms with Crippen LogP contribution in [0, 0.1) is 0 Å². The third kappa shape index (κ3) is 2.92. The van der Waals surface area contributed by atoms with Crippen LogP contribution in [0.4, 0.5) is 4.79 Å². The van der Waals surface area contributed by atoms with Crippen molar-refractivity contribution in [3.8, 4) is 0 Å². The standard InChI is InChI=1S/C21H28N4O2/c1-4-24(5-2)21(27)22-25-12-15-11-18-16(7-6-8-23(18)3)17-9-14(13-26)10-19(25)20(15)17/h9-10,12-13,16,18H,4-8,11H2,1-3H3,(H,22,27)/t16-,18-/m1/s1. The zero-order valence-electron chi connectivity index (χ0n) is 16.4. The predicted octanol–water partition coefficient (Wildman–Crippen LogP) is 3.19. The molecule has 1 aliphatic carbocycles. The second kappa shape index (κ2) is 7.00. The van der Waals surface area contributed by atoms with Crippen LogP contribution in [-0.4, -0.2) is 59.5 Å². The van der Waals surface area contributed by atoms with Gasteiger partial charge >= 0.3 is 6.03 Å². The Balaban J connectivity index is 1.82. The maximum atomic E-state index is 12.6. The first-order valence-electron chi connectivity index (χ1n) is 9.96. The fraction of sp³-hybridized carbons (Fsp3) is 0.524. The molecule has 0 bridgehead atoms. The van der Waals surface area contributed by atoms with E-state index in [9.17, 15) is 9.59 Å². The number of carbonyl (C=O) groups is 2. The van der Waals surface area contributed by atoms with Crippen molar-refractivity contribution in [3.05, 3.63) is 35.0 Å². The summed E-state index contributed by atoms with van der Waals surface area (Å²) in [5.74, 6) is 0.452. The molecule has 0 radical (unpaired) electrons. The number of likely N-dealkylation sites (tertiary alicyclic amines) is 1. The monoisotopic (exact) mass is 368 g/mol. The quantitative estimate of drug-likeness (QED) is 0.843. The summed E-state index contributed by atoms with van der Waals surface area (Å²) in [4.78, 5) is 28.4. The summed E-state index contributed by atoms with van der Waals surface area (Å²) in [7, 11) is 2.20. The molecule has 1 aliphatic heterocycles. The Bertz CT molecular complexity index is 884. The smallest absolute Gasteiger partial charge is 0.324 e. The van der Waals surface area contributed by atoms with Crippen LogP contribution in [0.2, 0.25) is 0 Å². The fourth-order valence-corrected chi connectivity index (χ4v) is 4.91. The zero-order chi connectivity index (χ0) is 19.1. The Hall–Kier alpha value is -2.34. The Morgan fingerprint density at radius 1 is 1.33 bits per heavy atom. The molecule has 4 rings (SSSR count). The Morgan fingerprint density at radius 3 is 2.81 bits per heavy atom. The topological polar surface area (TPSA) is 57.6 Å². The molecule has 2 heterocycles. The number of piperidine rings is 1. The number of fused-ring (bicyclic) bond motifs is 2. The molecule has 6 nitrogen and oxygen atoms in total. The predicted molar refractivity (Wildman–Crippen MR) is 107 cm³/mol. The van der Waals surface area contributed by atoms with Crippen LogP contribution in [0.25, 0.3) is 10.9 Å². The number of hydrogen-bond donors (Lipinski definition) is 1. The summed E-state index contributed by atoms with van der Waals surface area (Å²) in [6, 6.07) is 4.30. The molecule has 144 valence electrons. The van der Waals surface area contributed by atoms with Crippen LogP contribution < -0.4 is 5.43 Å². The van der Waals surface area contributed by atoms with Gasteiger partial charge < -0.3 is 9.80 Å². The number of carbonyl (C=O) groups excluding carboxylic acids is 2. The molecule has 0 saturated carbocycles. The van der Waals surface area contributed by atoms with E-state index in [0.717, 1.165) is 31.2 Å². The number of aldehydes is 1. The molecule has 2 amide bonds. The highest BCUT2D eigenvalue weighted by atomic mass is 16.2. The molecule has 1 saturated heterocycles. The molecule has 1 aromatic carbocycles. The van der Waals surface area contributed by atoms with Gasteiger partial charge in [-0.25, -0.2) is 10.2 Å². The summed E-state index contributed by atoms with van der Waals surface area (Å²) >= 11 is 0. The Labute approximate surface area is 160 Å². The first kappa shape index (κ1) is 18.0. The number of urea groups is 1. The van der Waals surface area contributed by atoms with Crippen molar-refractivity contribution >= 4 is 23.2 Å². The van der Waals surface area contributed by atoms with Crippen LogP contribution in [0.5, 0.6) is 0 Å². The van der Waals surface area contributed by atoms with Crippen molar-refractivity contribution in [1.29, 1.82) is 0 Å². The van der Waals surface area contributed by atoms with E-state index in [1.54, 1.807) is 4.90 Å². The van der Waals surface area contributed by atoms with E-state index in [1.807, 2.05) is 30.8 Å². The van der Waals surface area contributed by atoms with Crippen LogP contribution in [-0.2, 0) is 6.42 Å². The molecule has 2 atom stereocenters. The lowest BCUT2D eigenvalue weighted by atomic mass is 9.75. The number of nitrogens with zero attached hydrogens (tertiary/aromatic N) is 3. The third-order valence-corrected chi connectivity index (χ3v) is 6.32. The van der Waals surface area contributed by atoms with Crippen LogP contribution in [0.1, 0.15) is 54.1 Å². The van der Waals surface area contributed by atoms with Crippen molar-refractivity contribution in [2.24, 2.45) is 0 Å². The SMILES string of the molecule is CCN(CC)C(=O)Nn1cc2c3c(cc(C=O)cc31)[C@H]1CCCN(C)[C@@H]1C2. The molecule has 1 fully saturated rings. The van der Waals surface area contributed by atoms with E-state index in [2.05, 4.69) is 23.4 Å². The fourth-order valence-electron chi connectivity index (χ4n) is 4.91. The average molecular weight is 368 g/mol. The van der Waals surface area contributed by atoms with E-state index in [4.69, 9.17) is 0 Å². The van der Waals surface area contributed by atoms with Crippen molar-refractivity contribution in [1.82, 2.24) is 14.5 Å². The van der Waals surface area contributed by atoms with Crippen LogP contribution >= 0.6 is 0 Å². The lowest BCUT2D eigenvalue weighted by Gasteiger charge is -2.42. The third-order valence-electron chi connectivity index (χ3n) is 6.32. The largest absolute Gasteiger partial charge is 0.336 e.